The summed E-state index contributed by atoms with van der Waals surface area (Å²) < 4.78 is 4.80. The van der Waals surface area contributed by atoms with E-state index in [1.165, 1.54) is 6.92 Å². The van der Waals surface area contributed by atoms with Crippen molar-refractivity contribution in [3.05, 3.63) is 0 Å². The van der Waals surface area contributed by atoms with Gasteiger partial charge in [-0.15, -0.1) is 0 Å². The Morgan fingerprint density at radius 2 is 1.81 bits per heavy atom. The van der Waals surface area contributed by atoms with E-state index in [1.54, 1.807) is 0 Å². The van der Waals surface area contributed by atoms with Crippen LogP contribution in [0.5, 0.6) is 0 Å². The molecule has 6 heteroatoms. The van der Waals surface area contributed by atoms with Crippen LogP contribution in [0.1, 0.15) is 33.6 Å². The number of nitrogens with two attached hydrogens (primary N) is 1. The van der Waals surface area contributed by atoms with Crippen molar-refractivity contribution in [2.24, 2.45) is 11.7 Å². The van der Waals surface area contributed by atoms with Gasteiger partial charge in [0.05, 0.1) is 0 Å². The predicted molar refractivity (Wildman–Crippen MR) is 57.4 cm³/mol. The fourth-order valence-corrected chi connectivity index (χ4v) is 0.939. The van der Waals surface area contributed by atoms with Gasteiger partial charge in [-0.3, -0.25) is 14.9 Å². The van der Waals surface area contributed by atoms with Crippen LogP contribution in [0.25, 0.3) is 0 Å². The molecule has 0 bridgehead atoms. The molecule has 0 rings (SSSR count). The molecule has 16 heavy (non-hydrogen) atoms. The lowest BCUT2D eigenvalue weighted by Gasteiger charge is -2.12. The molecule has 92 valence electrons. The third-order valence-corrected chi connectivity index (χ3v) is 1.85. The summed E-state index contributed by atoms with van der Waals surface area (Å²) in [4.78, 5) is 32.7. The van der Waals surface area contributed by atoms with E-state index in [4.69, 9.17) is 10.5 Å². The van der Waals surface area contributed by atoms with Gasteiger partial charge < -0.3 is 10.5 Å². The molecular formula is C10H18N2O4. The molecule has 6 nitrogen and oxygen atoms in total. The molecule has 0 fully saturated rings. The Bertz CT molecular complexity index is 276. The highest BCUT2D eigenvalue weighted by Crippen LogP contribution is 2.05. The maximum Gasteiger partial charge on any atom is 0.318 e. The van der Waals surface area contributed by atoms with Crippen molar-refractivity contribution >= 4 is 17.9 Å². The second kappa shape index (κ2) is 6.81. The van der Waals surface area contributed by atoms with Crippen LogP contribution in [-0.4, -0.2) is 24.0 Å². The van der Waals surface area contributed by atoms with Crippen molar-refractivity contribution in [3.63, 3.8) is 0 Å². The van der Waals surface area contributed by atoms with E-state index in [1.807, 2.05) is 19.2 Å². The maximum absolute atomic E-state index is 11.2. The molecule has 0 aliphatic heterocycles. The van der Waals surface area contributed by atoms with Crippen molar-refractivity contribution in [1.82, 2.24) is 5.32 Å². The standard InChI is InChI=1S/C10H18N2O4/c1-6(2)4-5-8(13)16-7(3)9(14)12-10(11)15/h6-7H,4-5H2,1-3H3,(H3,11,12,14,15). The molecule has 0 spiro atoms. The van der Waals surface area contributed by atoms with E-state index >= 15 is 0 Å². The molecular weight excluding hydrogens is 212 g/mol. The number of rotatable bonds is 5. The van der Waals surface area contributed by atoms with Crippen LogP contribution in [0.4, 0.5) is 4.79 Å². The molecule has 0 saturated carbocycles. The van der Waals surface area contributed by atoms with Gasteiger partial charge in [0.15, 0.2) is 6.10 Å². The summed E-state index contributed by atoms with van der Waals surface area (Å²) in [6, 6.07) is -0.963. The summed E-state index contributed by atoms with van der Waals surface area (Å²) in [6.07, 6.45) is -0.0540. The number of hydrogen-bond donors (Lipinski definition) is 2. The van der Waals surface area contributed by atoms with Gasteiger partial charge in [-0.05, 0) is 19.3 Å². The monoisotopic (exact) mass is 230 g/mol. The molecule has 0 aromatic rings. The van der Waals surface area contributed by atoms with Gasteiger partial charge in [0.2, 0.25) is 0 Å². The van der Waals surface area contributed by atoms with E-state index in [0.29, 0.717) is 12.3 Å². The van der Waals surface area contributed by atoms with Crippen LogP contribution in [-0.2, 0) is 14.3 Å². The van der Waals surface area contributed by atoms with Gasteiger partial charge in [0, 0.05) is 6.42 Å². The number of ether oxygens (including phenoxy) is 1. The summed E-state index contributed by atoms with van der Waals surface area (Å²) in [6.45, 7) is 5.35. The SMILES string of the molecule is CC(C)CCC(=O)OC(C)C(=O)NC(N)=O. The van der Waals surface area contributed by atoms with E-state index < -0.39 is 24.0 Å². The molecule has 0 aromatic heterocycles. The molecule has 0 aliphatic carbocycles. The van der Waals surface area contributed by atoms with Crippen molar-refractivity contribution < 1.29 is 19.1 Å². The van der Waals surface area contributed by atoms with Crippen molar-refractivity contribution in [2.45, 2.75) is 39.7 Å². The van der Waals surface area contributed by atoms with E-state index in [2.05, 4.69) is 0 Å². The first-order valence-corrected chi connectivity index (χ1v) is 5.12. The Labute approximate surface area is 94.5 Å². The van der Waals surface area contributed by atoms with Gasteiger partial charge in [-0.2, -0.15) is 0 Å². The molecule has 3 amide bonds. The summed E-state index contributed by atoms with van der Waals surface area (Å²) in [5, 5.41) is 1.84. The zero-order valence-electron chi connectivity index (χ0n) is 9.78. The van der Waals surface area contributed by atoms with Gasteiger partial charge >= 0.3 is 12.0 Å². The predicted octanol–water partition coefficient (Wildman–Crippen LogP) is 0.549. The average molecular weight is 230 g/mol. The van der Waals surface area contributed by atoms with Gasteiger partial charge in [-0.1, -0.05) is 13.8 Å². The van der Waals surface area contributed by atoms with Crippen molar-refractivity contribution in [3.8, 4) is 0 Å². The molecule has 0 aliphatic rings. The topological polar surface area (TPSA) is 98.5 Å². The molecule has 0 saturated heterocycles. The first-order chi connectivity index (χ1) is 7.32. The fourth-order valence-electron chi connectivity index (χ4n) is 0.939. The van der Waals surface area contributed by atoms with E-state index in [-0.39, 0.29) is 6.42 Å². The number of primary amides is 1. The van der Waals surface area contributed by atoms with Crippen LogP contribution in [0.3, 0.4) is 0 Å². The molecule has 0 heterocycles. The normalized spacial score (nSPS) is 12.0. The highest BCUT2D eigenvalue weighted by molar-refractivity contribution is 5.96. The first-order valence-electron chi connectivity index (χ1n) is 5.12. The second-order valence-electron chi connectivity index (χ2n) is 3.92. The Hall–Kier alpha value is -1.59. The first kappa shape index (κ1) is 14.4. The minimum atomic E-state index is -1.01. The van der Waals surface area contributed by atoms with E-state index in [0.717, 1.165) is 0 Å². The minimum Gasteiger partial charge on any atom is -0.453 e. The molecule has 1 unspecified atom stereocenters. The molecule has 1 atom stereocenters. The number of imide groups is 1. The summed E-state index contributed by atoms with van der Waals surface area (Å²) in [5.41, 5.74) is 4.75. The van der Waals surface area contributed by atoms with Gasteiger partial charge in [0.25, 0.3) is 5.91 Å². The second-order valence-corrected chi connectivity index (χ2v) is 3.92. The zero-order valence-corrected chi connectivity index (χ0v) is 9.78. The Kier molecular flexibility index (Phi) is 6.14. The Morgan fingerprint density at radius 3 is 2.25 bits per heavy atom. The highest BCUT2D eigenvalue weighted by atomic mass is 16.5. The number of urea groups is 1. The molecule has 0 aromatic carbocycles. The quantitative estimate of drug-likeness (QED) is 0.674. The lowest BCUT2D eigenvalue weighted by molar-refractivity contribution is -0.154. The number of carbonyl (C=O) groups is 3. The number of nitrogens with one attached hydrogen (secondary N) is 1. The fraction of sp³-hybridized carbons (Fsp3) is 0.700. The van der Waals surface area contributed by atoms with Gasteiger partial charge in [0.1, 0.15) is 0 Å². The Balaban J connectivity index is 3.94. The van der Waals surface area contributed by atoms with Crippen LogP contribution in [0, 0.1) is 5.92 Å². The highest BCUT2D eigenvalue weighted by Gasteiger charge is 2.18. The lowest BCUT2D eigenvalue weighted by atomic mass is 10.1. The largest absolute Gasteiger partial charge is 0.453 e. The average Bonchev–Trinajstić information content (AvgIpc) is 2.13. The maximum atomic E-state index is 11.2. The smallest absolute Gasteiger partial charge is 0.318 e. The number of amides is 3. The van der Waals surface area contributed by atoms with Crippen LogP contribution in [0.2, 0.25) is 0 Å². The Morgan fingerprint density at radius 1 is 1.25 bits per heavy atom. The van der Waals surface area contributed by atoms with Gasteiger partial charge in [-0.25, -0.2) is 4.79 Å². The zero-order chi connectivity index (χ0) is 12.7. The third-order valence-electron chi connectivity index (χ3n) is 1.85. The summed E-state index contributed by atoms with van der Waals surface area (Å²) in [7, 11) is 0. The van der Waals surface area contributed by atoms with Crippen LogP contribution < -0.4 is 11.1 Å². The van der Waals surface area contributed by atoms with E-state index in [9.17, 15) is 14.4 Å². The summed E-state index contributed by atoms with van der Waals surface area (Å²) >= 11 is 0. The summed E-state index contributed by atoms with van der Waals surface area (Å²) in [5.74, 6) is -0.784. The van der Waals surface area contributed by atoms with Crippen molar-refractivity contribution in [1.29, 1.82) is 0 Å². The third kappa shape index (κ3) is 6.80. The van der Waals surface area contributed by atoms with Crippen LogP contribution >= 0.6 is 0 Å². The molecule has 3 N–H and O–H groups in total. The number of esters is 1. The number of hydrogen-bond acceptors (Lipinski definition) is 4. The van der Waals surface area contributed by atoms with Crippen molar-refractivity contribution in [2.75, 3.05) is 0 Å². The number of carbonyl (C=O) groups excluding carboxylic acids is 3. The minimum absolute atomic E-state index is 0.256. The molecule has 0 radical (unpaired) electrons. The van der Waals surface area contributed by atoms with Crippen LogP contribution in [0.15, 0.2) is 0 Å². The lowest BCUT2D eigenvalue weighted by Crippen LogP contribution is -2.42.